The Balaban J connectivity index is 2.08. The van der Waals surface area contributed by atoms with E-state index in [4.69, 9.17) is 9.84 Å². The number of esters is 1. The number of aromatic hydroxyl groups is 1. The molecule has 0 radical (unpaired) electrons. The fourth-order valence-electron chi connectivity index (χ4n) is 5.21. The van der Waals surface area contributed by atoms with Crippen molar-refractivity contribution in [2.75, 3.05) is 0 Å². The Morgan fingerprint density at radius 1 is 1.00 bits per heavy atom. The van der Waals surface area contributed by atoms with E-state index in [1.807, 2.05) is 0 Å². The molecule has 3 aliphatic carbocycles. The highest BCUT2D eigenvalue weighted by atomic mass is 16.6. The summed E-state index contributed by atoms with van der Waals surface area (Å²) in [7, 11) is 0. The van der Waals surface area contributed by atoms with Gasteiger partial charge in [-0.2, -0.15) is 0 Å². The van der Waals surface area contributed by atoms with Crippen LogP contribution in [0.1, 0.15) is 36.5 Å². The van der Waals surface area contributed by atoms with Crippen LogP contribution in [0.4, 0.5) is 0 Å². The van der Waals surface area contributed by atoms with Crippen LogP contribution in [0.15, 0.2) is 35.1 Å². The molecule has 0 saturated heterocycles. The van der Waals surface area contributed by atoms with Crippen LogP contribution in [0.2, 0.25) is 0 Å². The Morgan fingerprint density at radius 3 is 2.21 bits per heavy atom. The quantitative estimate of drug-likeness (QED) is 0.147. The Hall–Kier alpha value is -4.31. The lowest BCUT2D eigenvalue weighted by Crippen LogP contribution is -2.80. The van der Waals surface area contributed by atoms with Crippen molar-refractivity contribution < 1.29 is 74.7 Å². The van der Waals surface area contributed by atoms with Gasteiger partial charge in [-0.1, -0.05) is 12.1 Å². The smallest absolute Gasteiger partial charge is 0.342 e. The number of hydrogen-bond donors (Lipinski definition) is 9. The normalized spacial score (nSPS) is 32.3. The third-order valence-electron chi connectivity index (χ3n) is 6.97. The van der Waals surface area contributed by atoms with E-state index < -0.39 is 117 Å². The Bertz CT molecular complexity index is 1390. The molecule has 0 unspecified atom stereocenters. The zero-order valence-electron chi connectivity index (χ0n) is 19.0. The largest absolute Gasteiger partial charge is 0.508 e. The standard InChI is InChI=1S/C23H20O15/c24-8-3-1-2-7-12(8)15(29)14-18(32)23(37)17(31)13(19(33)34)9(25)6-21(23,35)20(22(14,36)16(7)30)38-11(28)5-4-10(26)27/h1-3,16,20,24,29-31,35-37H,4-6H2,(H,26,27)(H,33,34)/t16-,20+,21-,22+,23+/m1/s1. The van der Waals surface area contributed by atoms with E-state index in [1.165, 1.54) is 0 Å². The molecule has 9 N–H and O–H groups in total. The summed E-state index contributed by atoms with van der Waals surface area (Å²) in [5.74, 6) is -12.6. The highest BCUT2D eigenvalue weighted by Gasteiger charge is 2.79. The molecular formula is C23H20O15. The summed E-state index contributed by atoms with van der Waals surface area (Å²) in [6.07, 6.45) is -8.55. The molecule has 15 heteroatoms. The second-order valence-electron chi connectivity index (χ2n) is 9.05. The van der Waals surface area contributed by atoms with E-state index in [0.717, 1.165) is 18.2 Å². The van der Waals surface area contributed by atoms with Crippen LogP contribution in [0, 0.1) is 0 Å². The van der Waals surface area contributed by atoms with Crippen LogP contribution in [0.3, 0.4) is 0 Å². The number of carboxylic acid groups (broad SMARTS) is 2. The number of aliphatic hydroxyl groups is 6. The number of ether oxygens (including phenoxy) is 1. The molecule has 0 bridgehead atoms. The molecule has 1 fully saturated rings. The predicted molar refractivity (Wildman–Crippen MR) is 116 cm³/mol. The number of aliphatic carboxylic acids is 2. The second-order valence-corrected chi connectivity index (χ2v) is 9.05. The summed E-state index contributed by atoms with van der Waals surface area (Å²) in [5, 5.41) is 95.9. The van der Waals surface area contributed by atoms with Crippen molar-refractivity contribution in [1.82, 2.24) is 0 Å². The van der Waals surface area contributed by atoms with Gasteiger partial charge < -0.3 is 50.7 Å². The lowest BCUT2D eigenvalue weighted by Gasteiger charge is -2.58. The summed E-state index contributed by atoms with van der Waals surface area (Å²) in [5.41, 5.74) is -14.8. The van der Waals surface area contributed by atoms with Gasteiger partial charge in [0, 0.05) is 6.42 Å². The number of hydrogen-bond acceptors (Lipinski definition) is 13. The first-order valence-corrected chi connectivity index (χ1v) is 10.8. The molecular weight excluding hydrogens is 516 g/mol. The van der Waals surface area contributed by atoms with Gasteiger partial charge in [0.1, 0.15) is 23.2 Å². The molecule has 0 aliphatic heterocycles. The summed E-state index contributed by atoms with van der Waals surface area (Å²) in [6, 6.07) is 3.23. The highest BCUT2D eigenvalue weighted by Crippen LogP contribution is 2.59. The van der Waals surface area contributed by atoms with Gasteiger partial charge in [-0.15, -0.1) is 0 Å². The Kier molecular flexibility index (Phi) is 5.88. The average molecular weight is 536 g/mol. The van der Waals surface area contributed by atoms with Gasteiger partial charge in [-0.05, 0) is 11.6 Å². The summed E-state index contributed by atoms with van der Waals surface area (Å²) in [4.78, 5) is 61.3. The van der Waals surface area contributed by atoms with Gasteiger partial charge in [0.25, 0.3) is 0 Å². The van der Waals surface area contributed by atoms with Crippen molar-refractivity contribution in [2.24, 2.45) is 0 Å². The number of fused-ring (bicyclic) bond motifs is 3. The SMILES string of the molecule is O=C(O)CCC(=O)O[C@@H]1[C@]2(O)C(=C(O)c3c(O)cccc3[C@H]2O)C(=O)[C@@]2(O)C(O)=C(C(=O)O)C(=O)C[C@@]12O. The third-order valence-corrected chi connectivity index (χ3v) is 6.97. The van der Waals surface area contributed by atoms with Crippen molar-refractivity contribution >= 4 is 35.2 Å². The Morgan fingerprint density at radius 2 is 1.63 bits per heavy atom. The minimum Gasteiger partial charge on any atom is -0.508 e. The van der Waals surface area contributed by atoms with Gasteiger partial charge in [-0.25, -0.2) is 4.79 Å². The monoisotopic (exact) mass is 536 g/mol. The summed E-state index contributed by atoms with van der Waals surface area (Å²) in [6.45, 7) is 0. The maximum atomic E-state index is 13.6. The molecule has 0 heterocycles. The topological polar surface area (TPSA) is 277 Å². The number of carbonyl (C=O) groups is 5. The van der Waals surface area contributed by atoms with E-state index in [-0.39, 0.29) is 0 Å². The summed E-state index contributed by atoms with van der Waals surface area (Å²) < 4.78 is 5.04. The first-order valence-electron chi connectivity index (χ1n) is 10.8. The van der Waals surface area contributed by atoms with Crippen LogP contribution in [0.5, 0.6) is 5.75 Å². The predicted octanol–water partition coefficient (Wildman–Crippen LogP) is -1.87. The average Bonchev–Trinajstić information content (AvgIpc) is 2.81. The van der Waals surface area contributed by atoms with Crippen LogP contribution in [-0.2, 0) is 28.7 Å². The number of phenolic OH excluding ortho intramolecular Hbond substituents is 1. The highest BCUT2D eigenvalue weighted by molar-refractivity contribution is 6.22. The van der Waals surface area contributed by atoms with Gasteiger partial charge in [0.2, 0.25) is 11.4 Å². The first kappa shape index (κ1) is 26.7. The number of Topliss-reactive ketones (excluding diaryl/α,β-unsaturated/α-hetero) is 2. The number of rotatable bonds is 5. The van der Waals surface area contributed by atoms with Crippen LogP contribution in [-0.4, -0.2) is 98.3 Å². The fourth-order valence-corrected chi connectivity index (χ4v) is 5.21. The zero-order valence-corrected chi connectivity index (χ0v) is 19.0. The number of phenols is 1. The molecule has 1 aromatic rings. The first-order chi connectivity index (χ1) is 17.5. The second kappa shape index (κ2) is 8.35. The maximum Gasteiger partial charge on any atom is 0.342 e. The number of aliphatic hydroxyl groups excluding tert-OH is 3. The van der Waals surface area contributed by atoms with Gasteiger partial charge in [0.15, 0.2) is 28.8 Å². The minimum atomic E-state index is -3.86. The number of ketones is 2. The molecule has 15 nitrogen and oxygen atoms in total. The van der Waals surface area contributed by atoms with Crippen molar-refractivity contribution in [3.05, 3.63) is 46.2 Å². The van der Waals surface area contributed by atoms with Gasteiger partial charge in [0.05, 0.1) is 24.0 Å². The van der Waals surface area contributed by atoms with E-state index in [2.05, 4.69) is 0 Å². The van der Waals surface area contributed by atoms with Crippen LogP contribution >= 0.6 is 0 Å². The van der Waals surface area contributed by atoms with E-state index in [0.29, 0.717) is 0 Å². The maximum absolute atomic E-state index is 13.6. The van der Waals surface area contributed by atoms with Crippen molar-refractivity contribution in [3.8, 4) is 5.75 Å². The fraction of sp³-hybridized carbons (Fsp3) is 0.348. The zero-order chi connectivity index (χ0) is 28.5. The number of benzene rings is 1. The lowest BCUT2D eigenvalue weighted by molar-refractivity contribution is -0.270. The molecule has 1 aromatic carbocycles. The van der Waals surface area contributed by atoms with E-state index in [9.17, 15) is 64.8 Å². The van der Waals surface area contributed by atoms with Crippen molar-refractivity contribution in [2.45, 2.75) is 48.3 Å². The molecule has 0 aromatic heterocycles. The number of carboxylic acids is 2. The molecule has 1 saturated carbocycles. The van der Waals surface area contributed by atoms with Gasteiger partial charge >= 0.3 is 17.9 Å². The Labute approximate surface area is 210 Å². The molecule has 5 atom stereocenters. The molecule has 38 heavy (non-hydrogen) atoms. The van der Waals surface area contributed by atoms with Crippen LogP contribution in [0.25, 0.3) is 5.76 Å². The molecule has 202 valence electrons. The number of carbonyl (C=O) groups excluding carboxylic acids is 3. The van der Waals surface area contributed by atoms with E-state index >= 15 is 0 Å². The molecule has 0 amide bonds. The molecule has 4 rings (SSSR count). The van der Waals surface area contributed by atoms with Gasteiger partial charge in [-0.3, -0.25) is 19.2 Å². The third kappa shape index (κ3) is 3.19. The molecule has 3 aliphatic rings. The lowest BCUT2D eigenvalue weighted by atomic mass is 9.52. The van der Waals surface area contributed by atoms with Crippen molar-refractivity contribution in [3.63, 3.8) is 0 Å². The summed E-state index contributed by atoms with van der Waals surface area (Å²) >= 11 is 0. The van der Waals surface area contributed by atoms with E-state index in [1.54, 1.807) is 0 Å². The van der Waals surface area contributed by atoms with Crippen molar-refractivity contribution in [1.29, 1.82) is 0 Å². The van der Waals surface area contributed by atoms with Crippen LogP contribution < -0.4 is 0 Å². The minimum absolute atomic E-state index is 0.463. The molecule has 0 spiro atoms.